The molecule has 66 valence electrons. The molecule has 12 heavy (non-hydrogen) atoms. The molecule has 1 atom stereocenters. The highest BCUT2D eigenvalue weighted by Gasteiger charge is 2.23. The molecule has 1 aliphatic rings. The van der Waals surface area contributed by atoms with Gasteiger partial charge in [0.25, 0.3) is 0 Å². The van der Waals surface area contributed by atoms with Crippen LogP contribution in [0.4, 0.5) is 0 Å². The minimum Gasteiger partial charge on any atom is -0.316 e. The van der Waals surface area contributed by atoms with Gasteiger partial charge in [0.1, 0.15) is 12.2 Å². The molecule has 1 N–H and O–H groups in total. The number of hydrogen-bond acceptors (Lipinski definition) is 3. The van der Waals surface area contributed by atoms with Gasteiger partial charge in [-0.05, 0) is 19.4 Å². The van der Waals surface area contributed by atoms with Crippen LogP contribution < -0.4 is 5.32 Å². The number of nitrogens with one attached hydrogen (secondary N) is 1. The maximum Gasteiger partial charge on any atom is 0.150 e. The van der Waals surface area contributed by atoms with Gasteiger partial charge >= 0.3 is 0 Å². The molecule has 1 aromatic rings. The largest absolute Gasteiger partial charge is 0.316 e. The van der Waals surface area contributed by atoms with E-state index in [-0.39, 0.29) is 0 Å². The third kappa shape index (κ3) is 1.22. The molecule has 0 bridgehead atoms. The molecule has 2 rings (SSSR count). The van der Waals surface area contributed by atoms with Crippen LogP contribution in [0.2, 0.25) is 0 Å². The summed E-state index contributed by atoms with van der Waals surface area (Å²) in [6.45, 7) is 4.31. The molecule has 0 amide bonds. The topological polar surface area (TPSA) is 42.7 Å². The Morgan fingerprint density at radius 2 is 2.58 bits per heavy atom. The molecule has 0 aliphatic carbocycles. The van der Waals surface area contributed by atoms with Crippen LogP contribution in [0.15, 0.2) is 6.33 Å². The number of aryl methyl sites for hydroxylation is 1. The number of rotatable bonds is 3. The van der Waals surface area contributed by atoms with Crippen molar-refractivity contribution in [2.75, 3.05) is 6.54 Å². The second-order valence-electron chi connectivity index (χ2n) is 3.18. The van der Waals surface area contributed by atoms with Gasteiger partial charge in [-0.25, -0.2) is 0 Å². The average Bonchev–Trinajstić information content (AvgIpc) is 2.35. The Balaban J connectivity index is 2.12. The molecule has 1 aromatic heterocycles. The first-order valence-electron chi connectivity index (χ1n) is 4.53. The van der Waals surface area contributed by atoms with E-state index in [1.54, 1.807) is 0 Å². The van der Waals surface area contributed by atoms with Crippen LogP contribution >= 0.6 is 0 Å². The summed E-state index contributed by atoms with van der Waals surface area (Å²) in [6, 6.07) is 0.457. The van der Waals surface area contributed by atoms with Crippen molar-refractivity contribution in [3.8, 4) is 0 Å². The SMILES string of the molecule is CCCn1cnnc1C1CCN1. The Labute approximate surface area is 72.0 Å². The van der Waals surface area contributed by atoms with E-state index in [9.17, 15) is 0 Å². The highest BCUT2D eigenvalue weighted by atomic mass is 15.3. The average molecular weight is 166 g/mol. The van der Waals surface area contributed by atoms with Gasteiger partial charge in [0.2, 0.25) is 0 Å². The fraction of sp³-hybridized carbons (Fsp3) is 0.750. The van der Waals surface area contributed by atoms with Crippen LogP contribution in [0.25, 0.3) is 0 Å². The second-order valence-corrected chi connectivity index (χ2v) is 3.18. The van der Waals surface area contributed by atoms with Crippen LogP contribution in [0, 0.1) is 0 Å². The van der Waals surface area contributed by atoms with Crippen molar-refractivity contribution in [2.45, 2.75) is 32.4 Å². The summed E-state index contributed by atoms with van der Waals surface area (Å²) in [6.07, 6.45) is 4.15. The van der Waals surface area contributed by atoms with Crippen LogP contribution in [0.3, 0.4) is 0 Å². The maximum atomic E-state index is 4.11. The van der Waals surface area contributed by atoms with Crippen LogP contribution in [-0.2, 0) is 6.54 Å². The number of aromatic nitrogens is 3. The van der Waals surface area contributed by atoms with Gasteiger partial charge in [-0.1, -0.05) is 6.92 Å². The third-order valence-corrected chi connectivity index (χ3v) is 2.25. The fourth-order valence-electron chi connectivity index (χ4n) is 1.46. The lowest BCUT2D eigenvalue weighted by Gasteiger charge is -2.26. The lowest BCUT2D eigenvalue weighted by Crippen LogP contribution is -2.36. The van der Waals surface area contributed by atoms with E-state index in [4.69, 9.17) is 0 Å². The van der Waals surface area contributed by atoms with Gasteiger partial charge in [0.15, 0.2) is 0 Å². The van der Waals surface area contributed by atoms with E-state index < -0.39 is 0 Å². The molecule has 2 heterocycles. The first-order valence-corrected chi connectivity index (χ1v) is 4.53. The lowest BCUT2D eigenvalue weighted by molar-refractivity contribution is 0.352. The van der Waals surface area contributed by atoms with Gasteiger partial charge in [-0.2, -0.15) is 0 Å². The van der Waals surface area contributed by atoms with Crippen LogP contribution in [0.5, 0.6) is 0 Å². The van der Waals surface area contributed by atoms with E-state index >= 15 is 0 Å². The summed E-state index contributed by atoms with van der Waals surface area (Å²) < 4.78 is 2.14. The second kappa shape index (κ2) is 3.23. The van der Waals surface area contributed by atoms with Crippen LogP contribution in [0.1, 0.15) is 31.6 Å². The summed E-state index contributed by atoms with van der Waals surface area (Å²) in [5.74, 6) is 1.10. The van der Waals surface area contributed by atoms with Crippen molar-refractivity contribution in [3.63, 3.8) is 0 Å². The molecule has 0 saturated carbocycles. The van der Waals surface area contributed by atoms with Gasteiger partial charge < -0.3 is 9.88 Å². The monoisotopic (exact) mass is 166 g/mol. The predicted molar refractivity (Wildman–Crippen MR) is 45.7 cm³/mol. The lowest BCUT2D eigenvalue weighted by atomic mass is 10.1. The minimum absolute atomic E-state index is 0.457. The third-order valence-electron chi connectivity index (χ3n) is 2.25. The van der Waals surface area contributed by atoms with E-state index in [1.807, 2.05) is 6.33 Å². The Bertz CT molecular complexity index is 251. The molecule has 1 fully saturated rings. The van der Waals surface area contributed by atoms with E-state index in [1.165, 1.54) is 6.42 Å². The highest BCUT2D eigenvalue weighted by molar-refractivity contribution is 4.99. The zero-order valence-corrected chi connectivity index (χ0v) is 7.32. The van der Waals surface area contributed by atoms with Crippen molar-refractivity contribution >= 4 is 0 Å². The molecule has 0 aromatic carbocycles. The smallest absolute Gasteiger partial charge is 0.150 e. The molecule has 0 spiro atoms. The summed E-state index contributed by atoms with van der Waals surface area (Å²) >= 11 is 0. The van der Waals surface area contributed by atoms with E-state index in [0.29, 0.717) is 6.04 Å². The van der Waals surface area contributed by atoms with Crippen molar-refractivity contribution in [3.05, 3.63) is 12.2 Å². The Morgan fingerprint density at radius 3 is 3.17 bits per heavy atom. The van der Waals surface area contributed by atoms with E-state index in [0.717, 1.165) is 25.3 Å². The van der Waals surface area contributed by atoms with Gasteiger partial charge in [-0.15, -0.1) is 10.2 Å². The fourth-order valence-corrected chi connectivity index (χ4v) is 1.46. The summed E-state index contributed by atoms with van der Waals surface area (Å²) in [5, 5.41) is 11.3. The maximum absolute atomic E-state index is 4.11. The molecule has 4 heteroatoms. The van der Waals surface area contributed by atoms with Gasteiger partial charge in [0, 0.05) is 6.54 Å². The van der Waals surface area contributed by atoms with Gasteiger partial charge in [-0.3, -0.25) is 0 Å². The number of hydrogen-bond donors (Lipinski definition) is 1. The zero-order chi connectivity index (χ0) is 8.39. The molecule has 4 nitrogen and oxygen atoms in total. The normalized spacial score (nSPS) is 22.2. The van der Waals surface area contributed by atoms with Gasteiger partial charge in [0.05, 0.1) is 6.04 Å². The first-order chi connectivity index (χ1) is 5.92. The molecule has 1 saturated heterocycles. The highest BCUT2D eigenvalue weighted by Crippen LogP contribution is 2.20. The minimum atomic E-state index is 0.457. The molecule has 0 radical (unpaired) electrons. The summed E-state index contributed by atoms with van der Waals surface area (Å²) in [7, 11) is 0. The molecule has 1 unspecified atom stereocenters. The van der Waals surface area contributed by atoms with E-state index in [2.05, 4.69) is 27.0 Å². The van der Waals surface area contributed by atoms with Crippen molar-refractivity contribution in [2.24, 2.45) is 0 Å². The summed E-state index contributed by atoms with van der Waals surface area (Å²) in [4.78, 5) is 0. The molecular formula is C8H14N4. The zero-order valence-electron chi connectivity index (χ0n) is 7.32. The summed E-state index contributed by atoms with van der Waals surface area (Å²) in [5.41, 5.74) is 0. The van der Waals surface area contributed by atoms with Crippen molar-refractivity contribution in [1.29, 1.82) is 0 Å². The Kier molecular flexibility index (Phi) is 2.08. The van der Waals surface area contributed by atoms with Crippen LogP contribution in [-0.4, -0.2) is 21.3 Å². The standard InChI is InChI=1S/C8H14N4/c1-2-5-12-6-10-11-8(12)7-3-4-9-7/h6-7,9H,2-5H2,1H3. The molecular weight excluding hydrogens is 152 g/mol. The Morgan fingerprint density at radius 1 is 1.75 bits per heavy atom. The molecule has 1 aliphatic heterocycles. The first kappa shape index (κ1) is 7.73. The quantitative estimate of drug-likeness (QED) is 0.719. The Hall–Kier alpha value is -0.900. The van der Waals surface area contributed by atoms with Crippen molar-refractivity contribution in [1.82, 2.24) is 20.1 Å². The number of nitrogens with zero attached hydrogens (tertiary/aromatic N) is 3. The van der Waals surface area contributed by atoms with Crippen molar-refractivity contribution < 1.29 is 0 Å². The predicted octanol–water partition coefficient (Wildman–Crippen LogP) is 0.722.